The average Bonchev–Trinajstić information content (AvgIpc) is 2.39. The van der Waals surface area contributed by atoms with Crippen LogP contribution >= 0.6 is 0 Å². The molecule has 0 saturated carbocycles. The van der Waals surface area contributed by atoms with Crippen molar-refractivity contribution in [2.45, 2.75) is 17.5 Å². The summed E-state index contributed by atoms with van der Waals surface area (Å²) in [5, 5.41) is 6.59. The van der Waals surface area contributed by atoms with Crippen LogP contribution in [0.3, 0.4) is 0 Å². The van der Waals surface area contributed by atoms with Crippen molar-refractivity contribution >= 4 is 9.84 Å². The van der Waals surface area contributed by atoms with Gasteiger partial charge in [0.15, 0.2) is 9.84 Å². The lowest BCUT2D eigenvalue weighted by Crippen LogP contribution is -2.43. The Morgan fingerprint density at radius 1 is 1.37 bits per heavy atom. The fourth-order valence-corrected chi connectivity index (χ4v) is 2.61. The van der Waals surface area contributed by atoms with E-state index in [1.165, 1.54) is 6.26 Å². The fourth-order valence-electron chi connectivity index (χ4n) is 1.98. The maximum absolute atomic E-state index is 11.3. The molecule has 0 aromatic heterocycles. The van der Waals surface area contributed by atoms with Crippen LogP contribution in [0.1, 0.15) is 5.56 Å². The molecular weight excluding hydrogens is 264 g/mol. The second-order valence-electron chi connectivity index (χ2n) is 4.74. The topological polar surface area (TPSA) is 67.4 Å². The standard InChI is InChI=1S/C13H20N2O3S/c1-19(16,17)13-4-2-11(3-5-13)8-15-10-12-9-14-6-7-18-12/h2-5,12,14-15H,6-10H2,1H3. The van der Waals surface area contributed by atoms with E-state index in [0.29, 0.717) is 11.4 Å². The van der Waals surface area contributed by atoms with Crippen LogP contribution in [0.4, 0.5) is 0 Å². The molecule has 0 radical (unpaired) electrons. The van der Waals surface area contributed by atoms with Gasteiger partial charge >= 0.3 is 0 Å². The van der Waals surface area contributed by atoms with E-state index < -0.39 is 9.84 Å². The van der Waals surface area contributed by atoms with Crippen LogP contribution in [-0.2, 0) is 21.1 Å². The van der Waals surface area contributed by atoms with Crippen molar-refractivity contribution in [3.63, 3.8) is 0 Å². The third-order valence-electron chi connectivity index (χ3n) is 3.06. The minimum absolute atomic E-state index is 0.212. The molecule has 0 spiro atoms. The predicted molar refractivity (Wildman–Crippen MR) is 73.9 cm³/mol. The second-order valence-corrected chi connectivity index (χ2v) is 6.76. The minimum Gasteiger partial charge on any atom is -0.374 e. The first-order chi connectivity index (χ1) is 9.05. The summed E-state index contributed by atoms with van der Waals surface area (Å²) in [7, 11) is -3.11. The van der Waals surface area contributed by atoms with Crippen LogP contribution in [0.2, 0.25) is 0 Å². The number of hydrogen-bond donors (Lipinski definition) is 2. The molecule has 1 aromatic carbocycles. The molecule has 1 aromatic rings. The maximum atomic E-state index is 11.3. The van der Waals surface area contributed by atoms with Crippen molar-refractivity contribution in [2.24, 2.45) is 0 Å². The Morgan fingerprint density at radius 3 is 2.68 bits per heavy atom. The summed E-state index contributed by atoms with van der Waals surface area (Å²) in [5.74, 6) is 0. The molecule has 2 rings (SSSR count). The third kappa shape index (κ3) is 4.58. The van der Waals surface area contributed by atoms with Gasteiger partial charge in [-0.3, -0.25) is 0 Å². The lowest BCUT2D eigenvalue weighted by Gasteiger charge is -2.23. The molecule has 2 N–H and O–H groups in total. The van der Waals surface area contributed by atoms with E-state index in [0.717, 1.165) is 31.8 Å². The zero-order chi connectivity index (χ0) is 13.7. The Hall–Kier alpha value is -0.950. The fraction of sp³-hybridized carbons (Fsp3) is 0.538. The summed E-state index contributed by atoms with van der Waals surface area (Å²) in [4.78, 5) is 0.357. The molecule has 1 saturated heterocycles. The van der Waals surface area contributed by atoms with Gasteiger partial charge in [-0.15, -0.1) is 0 Å². The second kappa shape index (κ2) is 6.47. The Labute approximate surface area is 114 Å². The summed E-state index contributed by atoms with van der Waals surface area (Å²) in [6, 6.07) is 6.96. The van der Waals surface area contributed by atoms with E-state index in [9.17, 15) is 8.42 Å². The maximum Gasteiger partial charge on any atom is 0.175 e. The molecule has 0 bridgehead atoms. The Balaban J connectivity index is 1.80. The van der Waals surface area contributed by atoms with Gasteiger partial charge in [0.1, 0.15) is 0 Å². The lowest BCUT2D eigenvalue weighted by molar-refractivity contribution is 0.0290. The number of nitrogens with one attached hydrogen (secondary N) is 2. The van der Waals surface area contributed by atoms with Crippen molar-refractivity contribution in [1.82, 2.24) is 10.6 Å². The Kier molecular flexibility index (Phi) is 4.93. The summed E-state index contributed by atoms with van der Waals surface area (Å²) in [6.07, 6.45) is 1.43. The van der Waals surface area contributed by atoms with E-state index >= 15 is 0 Å². The summed E-state index contributed by atoms with van der Waals surface area (Å²) < 4.78 is 28.2. The van der Waals surface area contributed by atoms with Crippen LogP contribution < -0.4 is 10.6 Å². The van der Waals surface area contributed by atoms with Gasteiger partial charge < -0.3 is 15.4 Å². The number of rotatable bonds is 5. The Morgan fingerprint density at radius 2 is 2.11 bits per heavy atom. The van der Waals surface area contributed by atoms with Gasteiger partial charge in [0.2, 0.25) is 0 Å². The highest BCUT2D eigenvalue weighted by atomic mass is 32.2. The number of ether oxygens (including phenoxy) is 1. The molecule has 1 heterocycles. The zero-order valence-electron chi connectivity index (χ0n) is 11.1. The van der Waals surface area contributed by atoms with E-state index in [2.05, 4.69) is 10.6 Å². The zero-order valence-corrected chi connectivity index (χ0v) is 11.9. The van der Waals surface area contributed by atoms with Crippen LogP contribution in [0, 0.1) is 0 Å². The monoisotopic (exact) mass is 284 g/mol. The number of hydrogen-bond acceptors (Lipinski definition) is 5. The number of morpholine rings is 1. The summed E-state index contributed by atoms with van der Waals surface area (Å²) in [6.45, 7) is 4.06. The SMILES string of the molecule is CS(=O)(=O)c1ccc(CNCC2CNCCO2)cc1. The Bertz CT molecular complexity index is 493. The third-order valence-corrected chi connectivity index (χ3v) is 4.19. The molecule has 0 aliphatic carbocycles. The highest BCUT2D eigenvalue weighted by Crippen LogP contribution is 2.10. The summed E-state index contributed by atoms with van der Waals surface area (Å²) in [5.41, 5.74) is 1.07. The van der Waals surface area contributed by atoms with Gasteiger partial charge in [0.25, 0.3) is 0 Å². The van der Waals surface area contributed by atoms with Crippen LogP contribution in [0.5, 0.6) is 0 Å². The molecule has 1 unspecified atom stereocenters. The van der Waals surface area contributed by atoms with E-state index in [4.69, 9.17) is 4.74 Å². The molecule has 5 nitrogen and oxygen atoms in total. The molecule has 1 fully saturated rings. The van der Waals surface area contributed by atoms with Crippen molar-refractivity contribution < 1.29 is 13.2 Å². The van der Waals surface area contributed by atoms with Gasteiger partial charge in [-0.25, -0.2) is 8.42 Å². The lowest BCUT2D eigenvalue weighted by atomic mass is 10.2. The molecule has 6 heteroatoms. The van der Waals surface area contributed by atoms with Crippen LogP contribution in [0.15, 0.2) is 29.2 Å². The molecular formula is C13H20N2O3S. The quantitative estimate of drug-likeness (QED) is 0.807. The molecule has 1 aliphatic rings. The predicted octanol–water partition coefficient (Wildman–Crippen LogP) is 0.168. The van der Waals surface area contributed by atoms with E-state index in [1.807, 2.05) is 12.1 Å². The van der Waals surface area contributed by atoms with Crippen molar-refractivity contribution in [1.29, 1.82) is 0 Å². The van der Waals surface area contributed by atoms with E-state index in [1.54, 1.807) is 12.1 Å². The van der Waals surface area contributed by atoms with Gasteiger partial charge in [0, 0.05) is 32.4 Å². The van der Waals surface area contributed by atoms with Gasteiger partial charge in [0.05, 0.1) is 17.6 Å². The van der Waals surface area contributed by atoms with Gasteiger partial charge in [-0.1, -0.05) is 12.1 Å². The van der Waals surface area contributed by atoms with E-state index in [-0.39, 0.29) is 6.10 Å². The first-order valence-corrected chi connectivity index (χ1v) is 8.27. The number of benzene rings is 1. The van der Waals surface area contributed by atoms with Gasteiger partial charge in [-0.2, -0.15) is 0 Å². The highest BCUT2D eigenvalue weighted by molar-refractivity contribution is 7.90. The number of sulfone groups is 1. The van der Waals surface area contributed by atoms with Crippen LogP contribution in [0.25, 0.3) is 0 Å². The minimum atomic E-state index is -3.11. The molecule has 1 atom stereocenters. The normalized spacial score (nSPS) is 20.4. The molecule has 106 valence electrons. The molecule has 0 amide bonds. The van der Waals surface area contributed by atoms with Crippen molar-refractivity contribution in [3.8, 4) is 0 Å². The van der Waals surface area contributed by atoms with Crippen LogP contribution in [-0.4, -0.2) is 47.0 Å². The smallest absolute Gasteiger partial charge is 0.175 e. The van der Waals surface area contributed by atoms with Crippen molar-refractivity contribution in [2.75, 3.05) is 32.5 Å². The largest absolute Gasteiger partial charge is 0.374 e. The van der Waals surface area contributed by atoms with Crippen molar-refractivity contribution in [3.05, 3.63) is 29.8 Å². The first kappa shape index (κ1) is 14.5. The first-order valence-electron chi connectivity index (χ1n) is 6.38. The summed E-state index contributed by atoms with van der Waals surface area (Å²) >= 11 is 0. The molecule has 1 aliphatic heterocycles. The average molecular weight is 284 g/mol. The van der Waals surface area contributed by atoms with Gasteiger partial charge in [-0.05, 0) is 17.7 Å². The highest BCUT2D eigenvalue weighted by Gasteiger charge is 2.12. The molecule has 19 heavy (non-hydrogen) atoms.